The molecule has 0 saturated heterocycles. The summed E-state index contributed by atoms with van der Waals surface area (Å²) in [6.07, 6.45) is 0. The van der Waals surface area contributed by atoms with Crippen LogP contribution in [0.5, 0.6) is 0 Å². The summed E-state index contributed by atoms with van der Waals surface area (Å²) in [5, 5.41) is 6.46. The van der Waals surface area contributed by atoms with Gasteiger partial charge in [-0.1, -0.05) is 17.7 Å². The van der Waals surface area contributed by atoms with Crippen LogP contribution in [0, 0.1) is 6.92 Å². The van der Waals surface area contributed by atoms with Crippen LogP contribution in [0.2, 0.25) is 5.02 Å². The maximum absolute atomic E-state index is 10.4. The van der Waals surface area contributed by atoms with Crippen molar-refractivity contribution < 1.29 is 4.79 Å². The first kappa shape index (κ1) is 12.8. The number of halogens is 1. The van der Waals surface area contributed by atoms with Gasteiger partial charge in [-0.25, -0.2) is 4.79 Å². The normalized spacial score (nSPS) is 10.1. The number of rotatable bonds is 5. The Morgan fingerprint density at radius 1 is 1.44 bits per heavy atom. The van der Waals surface area contributed by atoms with Crippen molar-refractivity contribution in [1.82, 2.24) is 10.6 Å². The Balaban J connectivity index is 2.29. The summed E-state index contributed by atoms with van der Waals surface area (Å²) in [7, 11) is 0. The summed E-state index contributed by atoms with van der Waals surface area (Å²) >= 11 is 5.85. The summed E-state index contributed by atoms with van der Waals surface area (Å²) in [4.78, 5) is 10.4. The van der Waals surface area contributed by atoms with Crippen molar-refractivity contribution in [3.8, 4) is 0 Å². The van der Waals surface area contributed by atoms with Crippen LogP contribution >= 0.6 is 11.6 Å². The highest BCUT2D eigenvalue weighted by Gasteiger charge is 1.98. The van der Waals surface area contributed by atoms with Crippen LogP contribution in [-0.4, -0.2) is 19.1 Å². The maximum atomic E-state index is 10.4. The lowest BCUT2D eigenvalue weighted by molar-refractivity contribution is 0.249. The Morgan fingerprint density at radius 2 is 2.19 bits per heavy atom. The SMILES string of the molecule is Cc1cc(Cl)ccc1CNCCNC(N)=O. The molecular weight excluding hydrogens is 226 g/mol. The fourth-order valence-electron chi connectivity index (χ4n) is 1.35. The second kappa shape index (κ2) is 6.35. The molecule has 0 aliphatic heterocycles. The fourth-order valence-corrected chi connectivity index (χ4v) is 1.58. The average Bonchev–Trinajstić information content (AvgIpc) is 2.20. The number of nitrogens with two attached hydrogens (primary N) is 1. The van der Waals surface area contributed by atoms with E-state index in [1.54, 1.807) is 0 Å². The number of benzene rings is 1. The first-order chi connectivity index (χ1) is 7.59. The van der Waals surface area contributed by atoms with Gasteiger partial charge in [-0.3, -0.25) is 0 Å². The molecule has 88 valence electrons. The molecule has 0 aliphatic carbocycles. The smallest absolute Gasteiger partial charge is 0.312 e. The lowest BCUT2D eigenvalue weighted by Crippen LogP contribution is -2.35. The van der Waals surface area contributed by atoms with Crippen molar-refractivity contribution in [2.45, 2.75) is 13.5 Å². The van der Waals surface area contributed by atoms with Crippen LogP contribution in [0.25, 0.3) is 0 Å². The average molecular weight is 242 g/mol. The van der Waals surface area contributed by atoms with Crippen LogP contribution in [0.4, 0.5) is 4.79 Å². The largest absolute Gasteiger partial charge is 0.352 e. The van der Waals surface area contributed by atoms with Gasteiger partial charge in [-0.2, -0.15) is 0 Å². The molecule has 0 aromatic heterocycles. The zero-order valence-electron chi connectivity index (χ0n) is 9.22. The molecule has 0 radical (unpaired) electrons. The molecule has 0 heterocycles. The number of aryl methyl sites for hydroxylation is 1. The van der Waals surface area contributed by atoms with Crippen molar-refractivity contribution >= 4 is 17.6 Å². The highest BCUT2D eigenvalue weighted by Crippen LogP contribution is 2.14. The highest BCUT2D eigenvalue weighted by atomic mass is 35.5. The van der Waals surface area contributed by atoms with Gasteiger partial charge in [0.1, 0.15) is 0 Å². The minimum absolute atomic E-state index is 0.496. The Labute approximate surface area is 100 Å². The minimum atomic E-state index is -0.496. The van der Waals surface area contributed by atoms with E-state index in [9.17, 15) is 4.79 Å². The third-order valence-corrected chi connectivity index (χ3v) is 2.46. The molecule has 1 aromatic rings. The van der Waals surface area contributed by atoms with Gasteiger partial charge in [-0.05, 0) is 30.2 Å². The molecule has 4 nitrogen and oxygen atoms in total. The van der Waals surface area contributed by atoms with Crippen molar-refractivity contribution in [2.24, 2.45) is 5.73 Å². The van der Waals surface area contributed by atoms with E-state index in [1.807, 2.05) is 25.1 Å². The molecule has 1 aromatic carbocycles. The van der Waals surface area contributed by atoms with Crippen LogP contribution in [-0.2, 0) is 6.54 Å². The number of urea groups is 1. The Bertz CT molecular complexity index is 368. The Morgan fingerprint density at radius 3 is 2.81 bits per heavy atom. The quantitative estimate of drug-likeness (QED) is 0.683. The van der Waals surface area contributed by atoms with Gasteiger partial charge in [0.25, 0.3) is 0 Å². The lowest BCUT2D eigenvalue weighted by Gasteiger charge is -2.08. The number of nitrogens with one attached hydrogen (secondary N) is 2. The molecule has 0 unspecified atom stereocenters. The van der Waals surface area contributed by atoms with Gasteiger partial charge in [0.15, 0.2) is 0 Å². The van der Waals surface area contributed by atoms with E-state index >= 15 is 0 Å². The molecule has 1 rings (SSSR count). The molecule has 0 saturated carbocycles. The number of hydrogen-bond acceptors (Lipinski definition) is 2. The first-order valence-electron chi connectivity index (χ1n) is 5.08. The Hall–Kier alpha value is -1.26. The maximum Gasteiger partial charge on any atom is 0.312 e. The number of carbonyl (C=O) groups excluding carboxylic acids is 1. The zero-order valence-corrected chi connectivity index (χ0v) is 9.97. The second-order valence-electron chi connectivity index (χ2n) is 3.54. The van der Waals surface area contributed by atoms with E-state index in [1.165, 1.54) is 5.56 Å². The van der Waals surface area contributed by atoms with Crippen LogP contribution in [0.15, 0.2) is 18.2 Å². The third-order valence-electron chi connectivity index (χ3n) is 2.22. The third kappa shape index (κ3) is 4.51. The predicted molar refractivity (Wildman–Crippen MR) is 65.5 cm³/mol. The first-order valence-corrected chi connectivity index (χ1v) is 5.46. The van der Waals surface area contributed by atoms with Crippen molar-refractivity contribution in [3.63, 3.8) is 0 Å². The van der Waals surface area contributed by atoms with Crippen molar-refractivity contribution in [3.05, 3.63) is 34.3 Å². The molecule has 0 bridgehead atoms. The molecular formula is C11H16ClN3O. The summed E-state index contributed by atoms with van der Waals surface area (Å²) in [6, 6.07) is 5.30. The molecule has 16 heavy (non-hydrogen) atoms. The van der Waals surface area contributed by atoms with E-state index < -0.39 is 6.03 Å². The Kier molecular flexibility index (Phi) is 5.08. The predicted octanol–water partition coefficient (Wildman–Crippen LogP) is 1.41. The molecule has 2 amide bonds. The molecule has 5 heteroatoms. The minimum Gasteiger partial charge on any atom is -0.352 e. The van der Waals surface area contributed by atoms with Crippen LogP contribution in [0.3, 0.4) is 0 Å². The molecule has 0 atom stereocenters. The number of hydrogen-bond donors (Lipinski definition) is 3. The molecule has 0 fully saturated rings. The molecule has 0 aliphatic rings. The molecule has 4 N–H and O–H groups in total. The van der Waals surface area contributed by atoms with Gasteiger partial charge >= 0.3 is 6.03 Å². The monoisotopic (exact) mass is 241 g/mol. The standard InChI is InChI=1S/C11H16ClN3O/c1-8-6-10(12)3-2-9(8)7-14-4-5-15-11(13)16/h2-3,6,14H,4-5,7H2,1H3,(H3,13,15,16). The van der Waals surface area contributed by atoms with Gasteiger partial charge in [0.05, 0.1) is 0 Å². The molecule has 0 spiro atoms. The second-order valence-corrected chi connectivity index (χ2v) is 3.98. The zero-order chi connectivity index (χ0) is 12.0. The van der Waals surface area contributed by atoms with Crippen molar-refractivity contribution in [2.75, 3.05) is 13.1 Å². The van der Waals surface area contributed by atoms with E-state index in [2.05, 4.69) is 10.6 Å². The van der Waals surface area contributed by atoms with E-state index in [4.69, 9.17) is 17.3 Å². The van der Waals surface area contributed by atoms with E-state index in [0.717, 1.165) is 17.1 Å². The fraction of sp³-hybridized carbons (Fsp3) is 0.364. The van der Waals surface area contributed by atoms with Crippen LogP contribution < -0.4 is 16.4 Å². The number of amides is 2. The number of carbonyl (C=O) groups is 1. The summed E-state index contributed by atoms with van der Waals surface area (Å²) in [5.41, 5.74) is 7.29. The lowest BCUT2D eigenvalue weighted by atomic mass is 10.1. The van der Waals surface area contributed by atoms with Crippen molar-refractivity contribution in [1.29, 1.82) is 0 Å². The summed E-state index contributed by atoms with van der Waals surface area (Å²) < 4.78 is 0. The summed E-state index contributed by atoms with van der Waals surface area (Å²) in [5.74, 6) is 0. The van der Waals surface area contributed by atoms with Gasteiger partial charge < -0.3 is 16.4 Å². The van der Waals surface area contributed by atoms with Crippen LogP contribution in [0.1, 0.15) is 11.1 Å². The van der Waals surface area contributed by atoms with E-state index in [0.29, 0.717) is 13.1 Å². The van der Waals surface area contributed by atoms with Gasteiger partial charge in [0.2, 0.25) is 0 Å². The highest BCUT2D eigenvalue weighted by molar-refractivity contribution is 6.30. The van der Waals surface area contributed by atoms with Gasteiger partial charge in [0, 0.05) is 24.7 Å². The summed E-state index contributed by atoms with van der Waals surface area (Å²) in [6.45, 7) is 3.99. The van der Waals surface area contributed by atoms with E-state index in [-0.39, 0.29) is 0 Å². The topological polar surface area (TPSA) is 67.2 Å². The number of primary amides is 1. The van der Waals surface area contributed by atoms with Gasteiger partial charge in [-0.15, -0.1) is 0 Å².